The van der Waals surface area contributed by atoms with E-state index in [0.29, 0.717) is 36.5 Å². The Morgan fingerprint density at radius 3 is 3.04 bits per heavy atom. The van der Waals surface area contributed by atoms with Crippen LogP contribution in [-0.4, -0.2) is 36.2 Å². The number of nitrogens with two attached hydrogens (primary N) is 1. The summed E-state index contributed by atoms with van der Waals surface area (Å²) in [7, 11) is 0. The standard InChI is InChI=1S/C17H19FN4O2S/c1-8-2-3-12(25-8)15-13-9(6-20-17(13)23)14(18)16(22-15)21-11-4-5-24-7-10(11)19/h2-3,10-11H,4-7,19H2,1H3,(H,20,23)(H,21,22)/t10?,11-/m1/s1. The Morgan fingerprint density at radius 1 is 1.48 bits per heavy atom. The van der Waals surface area contributed by atoms with Gasteiger partial charge in [0.15, 0.2) is 11.6 Å². The fourth-order valence-corrected chi connectivity index (χ4v) is 4.09. The smallest absolute Gasteiger partial charge is 0.254 e. The number of fused-ring (bicyclic) bond motifs is 1. The van der Waals surface area contributed by atoms with Gasteiger partial charge in [-0.15, -0.1) is 11.3 Å². The molecule has 0 aromatic carbocycles. The molecule has 2 aromatic rings. The number of nitrogens with one attached hydrogen (secondary N) is 2. The second-order valence-electron chi connectivity index (χ2n) is 6.35. The molecule has 0 saturated carbocycles. The van der Waals surface area contributed by atoms with E-state index in [-0.39, 0.29) is 30.4 Å². The van der Waals surface area contributed by atoms with Crippen LogP contribution in [0.1, 0.15) is 27.2 Å². The van der Waals surface area contributed by atoms with Crippen LogP contribution in [0.3, 0.4) is 0 Å². The molecule has 2 aliphatic rings. The zero-order chi connectivity index (χ0) is 17.6. The van der Waals surface area contributed by atoms with E-state index < -0.39 is 5.82 Å². The molecule has 8 heteroatoms. The zero-order valence-corrected chi connectivity index (χ0v) is 14.6. The molecule has 1 unspecified atom stereocenters. The van der Waals surface area contributed by atoms with Crippen molar-refractivity contribution in [1.82, 2.24) is 10.3 Å². The molecule has 1 saturated heterocycles. The largest absolute Gasteiger partial charge is 0.380 e. The molecular weight excluding hydrogens is 343 g/mol. The molecule has 2 atom stereocenters. The van der Waals surface area contributed by atoms with Crippen LogP contribution in [-0.2, 0) is 11.3 Å². The highest BCUT2D eigenvalue weighted by molar-refractivity contribution is 7.15. The number of aromatic nitrogens is 1. The first kappa shape index (κ1) is 16.4. The molecule has 132 valence electrons. The Hall–Kier alpha value is -2.03. The number of amides is 1. The monoisotopic (exact) mass is 362 g/mol. The topological polar surface area (TPSA) is 89.3 Å². The Labute approximate surface area is 148 Å². The Bertz CT molecular complexity index is 838. The number of hydrogen-bond donors (Lipinski definition) is 3. The molecule has 4 heterocycles. The number of hydrogen-bond acceptors (Lipinski definition) is 6. The average Bonchev–Trinajstić information content (AvgIpc) is 3.19. The SMILES string of the molecule is Cc1ccc(-c2nc(N[C@@H]3CCOCC3N)c(F)c3c2C(=O)NC3)s1. The summed E-state index contributed by atoms with van der Waals surface area (Å²) >= 11 is 1.53. The van der Waals surface area contributed by atoms with Crippen LogP contribution in [0.4, 0.5) is 10.2 Å². The first-order valence-corrected chi connectivity index (χ1v) is 9.03. The van der Waals surface area contributed by atoms with Crippen molar-refractivity contribution in [2.24, 2.45) is 5.73 Å². The normalized spacial score (nSPS) is 22.6. The fraction of sp³-hybridized carbons (Fsp3) is 0.412. The van der Waals surface area contributed by atoms with Gasteiger partial charge in [-0.1, -0.05) is 0 Å². The lowest BCUT2D eigenvalue weighted by molar-refractivity contribution is 0.0751. The Kier molecular flexibility index (Phi) is 4.18. The highest BCUT2D eigenvalue weighted by atomic mass is 32.1. The molecule has 0 spiro atoms. The van der Waals surface area contributed by atoms with Gasteiger partial charge in [0.05, 0.1) is 22.7 Å². The van der Waals surface area contributed by atoms with Gasteiger partial charge in [-0.3, -0.25) is 4.79 Å². The lowest BCUT2D eigenvalue weighted by atomic mass is 10.0. The molecule has 2 aliphatic heterocycles. The van der Waals surface area contributed by atoms with Crippen LogP contribution < -0.4 is 16.4 Å². The van der Waals surface area contributed by atoms with Crippen molar-refractivity contribution in [2.75, 3.05) is 18.5 Å². The van der Waals surface area contributed by atoms with Gasteiger partial charge in [0, 0.05) is 35.7 Å². The number of anilines is 1. The van der Waals surface area contributed by atoms with Crippen molar-refractivity contribution in [1.29, 1.82) is 0 Å². The molecule has 2 aromatic heterocycles. The van der Waals surface area contributed by atoms with Gasteiger partial charge in [0.2, 0.25) is 0 Å². The van der Waals surface area contributed by atoms with E-state index in [2.05, 4.69) is 15.6 Å². The summed E-state index contributed by atoms with van der Waals surface area (Å²) in [5.74, 6) is -0.612. The predicted octanol–water partition coefficient (Wildman–Crippen LogP) is 2.03. The highest BCUT2D eigenvalue weighted by Gasteiger charge is 2.32. The molecule has 0 bridgehead atoms. The minimum absolute atomic E-state index is 0.114. The van der Waals surface area contributed by atoms with Gasteiger partial charge in [-0.05, 0) is 25.5 Å². The number of halogens is 1. The third-order valence-electron chi connectivity index (χ3n) is 4.58. The first-order valence-electron chi connectivity index (χ1n) is 8.22. The number of carbonyl (C=O) groups is 1. The maximum Gasteiger partial charge on any atom is 0.254 e. The predicted molar refractivity (Wildman–Crippen MR) is 94.2 cm³/mol. The van der Waals surface area contributed by atoms with Crippen molar-refractivity contribution in [3.63, 3.8) is 0 Å². The van der Waals surface area contributed by atoms with Gasteiger partial charge in [0.1, 0.15) is 0 Å². The van der Waals surface area contributed by atoms with Crippen LogP contribution in [0.25, 0.3) is 10.6 Å². The fourth-order valence-electron chi connectivity index (χ4n) is 3.23. The molecule has 1 fully saturated rings. The van der Waals surface area contributed by atoms with Crippen LogP contribution in [0.15, 0.2) is 12.1 Å². The van der Waals surface area contributed by atoms with Gasteiger partial charge in [-0.25, -0.2) is 9.37 Å². The molecule has 6 nitrogen and oxygen atoms in total. The van der Waals surface area contributed by atoms with E-state index >= 15 is 0 Å². The third kappa shape index (κ3) is 2.90. The van der Waals surface area contributed by atoms with Gasteiger partial charge in [-0.2, -0.15) is 0 Å². The number of pyridine rings is 1. The minimum Gasteiger partial charge on any atom is -0.380 e. The van der Waals surface area contributed by atoms with Crippen LogP contribution in [0, 0.1) is 12.7 Å². The summed E-state index contributed by atoms with van der Waals surface area (Å²) in [6.45, 7) is 3.17. The van der Waals surface area contributed by atoms with E-state index in [1.807, 2.05) is 19.1 Å². The quantitative estimate of drug-likeness (QED) is 0.777. The number of nitrogens with zero attached hydrogens (tertiary/aromatic N) is 1. The lowest BCUT2D eigenvalue weighted by Crippen LogP contribution is -2.48. The summed E-state index contributed by atoms with van der Waals surface area (Å²) in [5.41, 5.74) is 7.28. The average molecular weight is 362 g/mol. The van der Waals surface area contributed by atoms with Crippen molar-refractivity contribution in [3.05, 3.63) is 34.0 Å². The molecule has 0 radical (unpaired) electrons. The van der Waals surface area contributed by atoms with Crippen LogP contribution >= 0.6 is 11.3 Å². The van der Waals surface area contributed by atoms with Crippen molar-refractivity contribution < 1.29 is 13.9 Å². The highest BCUT2D eigenvalue weighted by Crippen LogP contribution is 2.36. The minimum atomic E-state index is -0.482. The van der Waals surface area contributed by atoms with Crippen LogP contribution in [0.5, 0.6) is 0 Å². The van der Waals surface area contributed by atoms with Gasteiger partial charge in [0.25, 0.3) is 5.91 Å². The van der Waals surface area contributed by atoms with E-state index in [0.717, 1.165) is 9.75 Å². The van der Waals surface area contributed by atoms with Crippen LogP contribution in [0.2, 0.25) is 0 Å². The van der Waals surface area contributed by atoms with Crippen molar-refractivity contribution >= 4 is 23.1 Å². The number of rotatable bonds is 3. The van der Waals surface area contributed by atoms with E-state index in [4.69, 9.17) is 10.5 Å². The maximum absolute atomic E-state index is 14.9. The summed E-state index contributed by atoms with van der Waals surface area (Å²) in [4.78, 5) is 18.6. The van der Waals surface area contributed by atoms with Gasteiger partial charge < -0.3 is 21.1 Å². The lowest BCUT2D eigenvalue weighted by Gasteiger charge is -2.30. The van der Waals surface area contributed by atoms with E-state index in [1.54, 1.807) is 0 Å². The Morgan fingerprint density at radius 2 is 2.32 bits per heavy atom. The number of carbonyl (C=O) groups excluding carboxylic acids is 1. The van der Waals surface area contributed by atoms with E-state index in [9.17, 15) is 9.18 Å². The molecule has 4 rings (SSSR count). The Balaban J connectivity index is 1.79. The van der Waals surface area contributed by atoms with Crippen molar-refractivity contribution in [2.45, 2.75) is 32.0 Å². The van der Waals surface area contributed by atoms with Crippen molar-refractivity contribution in [3.8, 4) is 10.6 Å². The molecule has 4 N–H and O–H groups in total. The van der Waals surface area contributed by atoms with Gasteiger partial charge >= 0.3 is 0 Å². The molecule has 0 aliphatic carbocycles. The third-order valence-corrected chi connectivity index (χ3v) is 5.59. The number of thiophene rings is 1. The molecule has 25 heavy (non-hydrogen) atoms. The second kappa shape index (κ2) is 6.36. The zero-order valence-electron chi connectivity index (χ0n) is 13.8. The molecule has 1 amide bonds. The second-order valence-corrected chi connectivity index (χ2v) is 7.64. The summed E-state index contributed by atoms with van der Waals surface area (Å²) in [6, 6.07) is 3.54. The number of aryl methyl sites for hydroxylation is 1. The number of ether oxygens (including phenoxy) is 1. The van der Waals surface area contributed by atoms with E-state index in [1.165, 1.54) is 11.3 Å². The molecular formula is C17H19FN4O2S. The first-order chi connectivity index (χ1) is 12.0. The maximum atomic E-state index is 14.9. The summed E-state index contributed by atoms with van der Waals surface area (Å²) < 4.78 is 20.3. The summed E-state index contributed by atoms with van der Waals surface area (Å²) in [5, 5.41) is 5.83. The summed E-state index contributed by atoms with van der Waals surface area (Å²) in [6.07, 6.45) is 0.685.